The molecule has 1 aromatic carbocycles. The van der Waals surface area contributed by atoms with E-state index in [2.05, 4.69) is 15.9 Å². The first kappa shape index (κ1) is 15.8. The van der Waals surface area contributed by atoms with Crippen molar-refractivity contribution in [2.24, 2.45) is 5.73 Å². The molecule has 1 heterocycles. The lowest BCUT2D eigenvalue weighted by Gasteiger charge is -2.35. The number of carbonyl (C=O) groups excluding carboxylic acids is 2. The van der Waals surface area contributed by atoms with E-state index >= 15 is 0 Å². The molecule has 6 heteroatoms. The maximum atomic E-state index is 12.7. The summed E-state index contributed by atoms with van der Waals surface area (Å²) in [6, 6.07) is 5.15. The summed E-state index contributed by atoms with van der Waals surface area (Å²) in [7, 11) is 1.58. The number of ether oxygens (including phenoxy) is 1. The van der Waals surface area contributed by atoms with Crippen LogP contribution in [0.5, 0.6) is 5.75 Å². The normalized spacial score (nSPS) is 18.4. The largest absolute Gasteiger partial charge is 0.496 e. The maximum absolute atomic E-state index is 12.7. The number of nitrogens with zero attached hydrogens (tertiary/aromatic N) is 1. The molecule has 1 saturated heterocycles. The summed E-state index contributed by atoms with van der Waals surface area (Å²) < 4.78 is 5.90. The number of benzene rings is 1. The van der Waals surface area contributed by atoms with E-state index in [4.69, 9.17) is 10.5 Å². The average molecular weight is 355 g/mol. The van der Waals surface area contributed by atoms with Gasteiger partial charge in [0.1, 0.15) is 5.75 Å². The molecule has 1 fully saturated rings. The SMILES string of the molecule is COc1ccc(C(=O)N2CCCCC2CC(N)=O)cc1Br. The summed E-state index contributed by atoms with van der Waals surface area (Å²) in [5, 5.41) is 0. The van der Waals surface area contributed by atoms with Gasteiger partial charge in [0.05, 0.1) is 11.6 Å². The van der Waals surface area contributed by atoms with Crippen LogP contribution in [0.1, 0.15) is 36.0 Å². The summed E-state index contributed by atoms with van der Waals surface area (Å²) in [5.74, 6) is 0.249. The van der Waals surface area contributed by atoms with Gasteiger partial charge in [0.25, 0.3) is 5.91 Å². The Morgan fingerprint density at radius 3 is 2.81 bits per heavy atom. The number of piperidine rings is 1. The van der Waals surface area contributed by atoms with Crippen LogP contribution in [0.3, 0.4) is 0 Å². The molecule has 2 amide bonds. The zero-order valence-corrected chi connectivity index (χ0v) is 13.6. The number of rotatable bonds is 4. The van der Waals surface area contributed by atoms with Crippen LogP contribution in [0.15, 0.2) is 22.7 Å². The Hall–Kier alpha value is -1.56. The molecular formula is C15H19BrN2O3. The minimum absolute atomic E-state index is 0.0655. The molecule has 114 valence electrons. The van der Waals surface area contributed by atoms with E-state index in [1.807, 2.05) is 0 Å². The zero-order valence-electron chi connectivity index (χ0n) is 12.0. The second kappa shape index (κ2) is 6.93. The van der Waals surface area contributed by atoms with E-state index in [-0.39, 0.29) is 24.3 Å². The molecule has 1 unspecified atom stereocenters. The predicted octanol–water partition coefficient (Wildman–Crippen LogP) is 2.33. The third-order valence-electron chi connectivity index (χ3n) is 3.72. The summed E-state index contributed by atoms with van der Waals surface area (Å²) >= 11 is 3.39. The summed E-state index contributed by atoms with van der Waals surface area (Å²) in [5.41, 5.74) is 5.87. The third kappa shape index (κ3) is 3.75. The maximum Gasteiger partial charge on any atom is 0.254 e. The number of halogens is 1. The molecule has 0 aliphatic carbocycles. The molecule has 2 rings (SSSR count). The number of hydrogen-bond acceptors (Lipinski definition) is 3. The number of likely N-dealkylation sites (tertiary alicyclic amines) is 1. The van der Waals surface area contributed by atoms with Crippen molar-refractivity contribution in [2.45, 2.75) is 31.7 Å². The van der Waals surface area contributed by atoms with E-state index in [0.29, 0.717) is 17.9 Å². The lowest BCUT2D eigenvalue weighted by Crippen LogP contribution is -2.45. The minimum Gasteiger partial charge on any atom is -0.496 e. The lowest BCUT2D eigenvalue weighted by molar-refractivity contribution is -0.119. The Balaban J connectivity index is 2.20. The van der Waals surface area contributed by atoms with Gasteiger partial charge in [0.2, 0.25) is 5.91 Å². The van der Waals surface area contributed by atoms with Gasteiger partial charge in [-0.15, -0.1) is 0 Å². The molecule has 0 bridgehead atoms. The number of amides is 2. The monoisotopic (exact) mass is 354 g/mol. The van der Waals surface area contributed by atoms with Gasteiger partial charge in [-0.2, -0.15) is 0 Å². The molecule has 2 N–H and O–H groups in total. The van der Waals surface area contributed by atoms with Crippen LogP contribution >= 0.6 is 15.9 Å². The lowest BCUT2D eigenvalue weighted by atomic mass is 9.98. The van der Waals surface area contributed by atoms with Gasteiger partial charge in [-0.1, -0.05) is 0 Å². The van der Waals surface area contributed by atoms with Crippen molar-refractivity contribution in [3.8, 4) is 5.75 Å². The Morgan fingerprint density at radius 2 is 2.19 bits per heavy atom. The highest BCUT2D eigenvalue weighted by Gasteiger charge is 2.28. The molecule has 5 nitrogen and oxygen atoms in total. The van der Waals surface area contributed by atoms with Gasteiger partial charge in [-0.25, -0.2) is 0 Å². The van der Waals surface area contributed by atoms with Gasteiger partial charge in [-0.05, 0) is 53.4 Å². The average Bonchev–Trinajstić information content (AvgIpc) is 2.46. The highest BCUT2D eigenvalue weighted by Crippen LogP contribution is 2.28. The smallest absolute Gasteiger partial charge is 0.254 e. The topological polar surface area (TPSA) is 72.6 Å². The van der Waals surface area contributed by atoms with Crippen molar-refractivity contribution in [2.75, 3.05) is 13.7 Å². The van der Waals surface area contributed by atoms with Crippen molar-refractivity contribution in [3.63, 3.8) is 0 Å². The first-order chi connectivity index (χ1) is 10.0. The summed E-state index contributed by atoms with van der Waals surface area (Å²) in [6.07, 6.45) is 3.03. The van der Waals surface area contributed by atoms with Crippen molar-refractivity contribution >= 4 is 27.7 Å². The Morgan fingerprint density at radius 1 is 1.43 bits per heavy atom. The Labute approximate surface area is 132 Å². The van der Waals surface area contributed by atoms with Crippen LogP contribution in [0.25, 0.3) is 0 Å². The first-order valence-electron chi connectivity index (χ1n) is 6.95. The molecule has 0 saturated carbocycles. The predicted molar refractivity (Wildman–Crippen MR) is 83.2 cm³/mol. The third-order valence-corrected chi connectivity index (χ3v) is 4.34. The number of hydrogen-bond donors (Lipinski definition) is 1. The van der Waals surface area contributed by atoms with Crippen LogP contribution < -0.4 is 10.5 Å². The fourth-order valence-electron chi connectivity index (χ4n) is 2.68. The molecule has 0 radical (unpaired) electrons. The fourth-order valence-corrected chi connectivity index (χ4v) is 3.22. The highest BCUT2D eigenvalue weighted by molar-refractivity contribution is 9.10. The van der Waals surface area contributed by atoms with Crippen molar-refractivity contribution in [1.82, 2.24) is 4.90 Å². The second-order valence-electron chi connectivity index (χ2n) is 5.17. The summed E-state index contributed by atoms with van der Waals surface area (Å²) in [4.78, 5) is 25.6. The molecule has 0 aromatic heterocycles. The van der Waals surface area contributed by atoms with E-state index in [1.165, 1.54) is 0 Å². The number of methoxy groups -OCH3 is 1. The highest BCUT2D eigenvalue weighted by atomic mass is 79.9. The zero-order chi connectivity index (χ0) is 15.4. The number of nitrogens with two attached hydrogens (primary N) is 1. The standard InChI is InChI=1S/C15H19BrN2O3/c1-21-13-6-5-10(8-12(13)16)15(20)18-7-3-2-4-11(18)9-14(17)19/h5-6,8,11H,2-4,7,9H2,1H3,(H2,17,19). The van der Waals surface area contributed by atoms with Crippen LogP contribution in [0.4, 0.5) is 0 Å². The molecule has 0 spiro atoms. The van der Waals surface area contributed by atoms with Gasteiger partial charge in [0, 0.05) is 24.6 Å². The molecule has 1 atom stereocenters. The Bertz CT molecular complexity index is 548. The second-order valence-corrected chi connectivity index (χ2v) is 6.02. The number of primary amides is 1. The van der Waals surface area contributed by atoms with Crippen molar-refractivity contribution < 1.29 is 14.3 Å². The van der Waals surface area contributed by atoms with E-state index in [9.17, 15) is 9.59 Å². The minimum atomic E-state index is -0.365. The molecular weight excluding hydrogens is 336 g/mol. The first-order valence-corrected chi connectivity index (χ1v) is 7.75. The van der Waals surface area contributed by atoms with Crippen LogP contribution in [-0.2, 0) is 4.79 Å². The molecule has 21 heavy (non-hydrogen) atoms. The molecule has 1 aliphatic heterocycles. The van der Waals surface area contributed by atoms with Gasteiger partial charge < -0.3 is 15.4 Å². The molecule has 1 aliphatic rings. The van der Waals surface area contributed by atoms with Crippen LogP contribution in [0, 0.1) is 0 Å². The fraction of sp³-hybridized carbons (Fsp3) is 0.467. The van der Waals surface area contributed by atoms with Gasteiger partial charge in [0.15, 0.2) is 0 Å². The quantitative estimate of drug-likeness (QED) is 0.901. The van der Waals surface area contributed by atoms with Gasteiger partial charge >= 0.3 is 0 Å². The van der Waals surface area contributed by atoms with Crippen LogP contribution in [0.2, 0.25) is 0 Å². The van der Waals surface area contributed by atoms with Crippen molar-refractivity contribution in [1.29, 1.82) is 0 Å². The molecule has 1 aromatic rings. The van der Waals surface area contributed by atoms with Crippen molar-refractivity contribution in [3.05, 3.63) is 28.2 Å². The summed E-state index contributed by atoms with van der Waals surface area (Å²) in [6.45, 7) is 0.667. The van der Waals surface area contributed by atoms with E-state index in [0.717, 1.165) is 23.7 Å². The van der Waals surface area contributed by atoms with Crippen LogP contribution in [-0.4, -0.2) is 36.4 Å². The Kier molecular flexibility index (Phi) is 5.22. The van der Waals surface area contributed by atoms with E-state index < -0.39 is 0 Å². The van der Waals surface area contributed by atoms with E-state index in [1.54, 1.807) is 30.2 Å². The number of carbonyl (C=O) groups is 2. The van der Waals surface area contributed by atoms with Gasteiger partial charge in [-0.3, -0.25) is 9.59 Å².